The van der Waals surface area contributed by atoms with E-state index in [0.717, 1.165) is 11.5 Å². The standard InChI is InChI=1S/C9H7N3O2S/c1-14-8-4-7(15-12-8)9(13)6-5-10-2-3-11-6/h2-5H,1H3. The molecule has 2 aromatic heterocycles. The molecule has 2 rings (SSSR count). The molecule has 6 heteroatoms. The Balaban J connectivity index is 2.29. The summed E-state index contributed by atoms with van der Waals surface area (Å²) in [5.74, 6) is 0.246. The van der Waals surface area contributed by atoms with E-state index < -0.39 is 0 Å². The smallest absolute Gasteiger partial charge is 0.225 e. The van der Waals surface area contributed by atoms with Crippen LogP contribution in [0.2, 0.25) is 0 Å². The van der Waals surface area contributed by atoms with Crippen LogP contribution in [0.25, 0.3) is 0 Å². The molecule has 0 saturated carbocycles. The summed E-state index contributed by atoms with van der Waals surface area (Å²) >= 11 is 1.08. The minimum atomic E-state index is -0.191. The van der Waals surface area contributed by atoms with E-state index in [-0.39, 0.29) is 5.78 Å². The fraction of sp³-hybridized carbons (Fsp3) is 0.111. The Hall–Kier alpha value is -1.82. The van der Waals surface area contributed by atoms with Crippen molar-refractivity contribution in [1.29, 1.82) is 0 Å². The Kier molecular flexibility index (Phi) is 2.68. The monoisotopic (exact) mass is 221 g/mol. The van der Waals surface area contributed by atoms with Crippen LogP contribution >= 0.6 is 11.5 Å². The van der Waals surface area contributed by atoms with Crippen molar-refractivity contribution in [3.63, 3.8) is 0 Å². The second kappa shape index (κ2) is 4.14. The first kappa shape index (κ1) is 9.72. The number of ketones is 1. The molecule has 0 bridgehead atoms. The third-order valence-electron chi connectivity index (χ3n) is 1.72. The Labute approximate surface area is 89.9 Å². The van der Waals surface area contributed by atoms with Gasteiger partial charge in [-0.15, -0.1) is 0 Å². The third-order valence-corrected chi connectivity index (χ3v) is 2.49. The number of methoxy groups -OCH3 is 1. The first-order valence-corrected chi connectivity index (χ1v) is 4.90. The number of ether oxygens (including phenoxy) is 1. The average molecular weight is 221 g/mol. The van der Waals surface area contributed by atoms with E-state index in [2.05, 4.69) is 14.3 Å². The van der Waals surface area contributed by atoms with Crippen LogP contribution in [-0.4, -0.2) is 27.2 Å². The molecule has 0 amide bonds. The maximum Gasteiger partial charge on any atom is 0.225 e. The molecule has 0 radical (unpaired) electrons. The zero-order valence-corrected chi connectivity index (χ0v) is 8.69. The highest BCUT2D eigenvalue weighted by molar-refractivity contribution is 7.08. The molecule has 76 valence electrons. The van der Waals surface area contributed by atoms with E-state index in [1.54, 1.807) is 6.07 Å². The fourth-order valence-corrected chi connectivity index (χ4v) is 1.66. The van der Waals surface area contributed by atoms with E-state index >= 15 is 0 Å². The number of hydrogen-bond acceptors (Lipinski definition) is 6. The SMILES string of the molecule is COc1cc(C(=O)c2cnccn2)sn1. The van der Waals surface area contributed by atoms with Crippen molar-refractivity contribution >= 4 is 17.3 Å². The van der Waals surface area contributed by atoms with E-state index in [0.29, 0.717) is 16.5 Å². The Bertz CT molecular complexity index is 469. The number of hydrogen-bond donors (Lipinski definition) is 0. The molecule has 2 heterocycles. The highest BCUT2D eigenvalue weighted by Gasteiger charge is 2.14. The van der Waals surface area contributed by atoms with Crippen LogP contribution in [-0.2, 0) is 0 Å². The van der Waals surface area contributed by atoms with Gasteiger partial charge in [0.15, 0.2) is 0 Å². The first-order chi connectivity index (χ1) is 7.31. The summed E-state index contributed by atoms with van der Waals surface area (Å²) in [4.78, 5) is 20.0. The van der Waals surface area contributed by atoms with Gasteiger partial charge in [0.05, 0.1) is 13.3 Å². The predicted molar refractivity (Wildman–Crippen MR) is 54.1 cm³/mol. The van der Waals surface area contributed by atoms with Gasteiger partial charge >= 0.3 is 0 Å². The van der Waals surface area contributed by atoms with Crippen LogP contribution in [0.5, 0.6) is 5.88 Å². The molecule has 0 fully saturated rings. The van der Waals surface area contributed by atoms with E-state index in [9.17, 15) is 4.79 Å². The van der Waals surface area contributed by atoms with E-state index in [1.807, 2.05) is 0 Å². The molecule has 15 heavy (non-hydrogen) atoms. The molecule has 0 N–H and O–H groups in total. The Morgan fingerprint density at radius 1 is 1.47 bits per heavy atom. The maximum absolute atomic E-state index is 11.8. The molecule has 0 aliphatic carbocycles. The van der Waals surface area contributed by atoms with Gasteiger partial charge in [0.1, 0.15) is 10.6 Å². The summed E-state index contributed by atoms with van der Waals surface area (Å²) in [7, 11) is 1.51. The minimum absolute atomic E-state index is 0.191. The molecule has 0 atom stereocenters. The molecule has 0 aliphatic heterocycles. The summed E-state index contributed by atoms with van der Waals surface area (Å²) < 4.78 is 8.82. The topological polar surface area (TPSA) is 65.0 Å². The van der Waals surface area contributed by atoms with Crippen LogP contribution in [0, 0.1) is 0 Å². The zero-order valence-electron chi connectivity index (χ0n) is 7.88. The van der Waals surface area contributed by atoms with E-state index in [1.165, 1.54) is 25.7 Å². The largest absolute Gasteiger partial charge is 0.480 e. The van der Waals surface area contributed by atoms with Gasteiger partial charge in [-0.1, -0.05) is 0 Å². The second-order valence-corrected chi connectivity index (χ2v) is 3.46. The number of carbonyl (C=O) groups excluding carboxylic acids is 1. The highest BCUT2D eigenvalue weighted by atomic mass is 32.1. The van der Waals surface area contributed by atoms with Gasteiger partial charge in [-0.2, -0.15) is 4.37 Å². The number of nitrogens with zero attached hydrogens (tertiary/aromatic N) is 3. The predicted octanol–water partition coefficient (Wildman–Crippen LogP) is 1.17. The lowest BCUT2D eigenvalue weighted by Crippen LogP contribution is -2.01. The van der Waals surface area contributed by atoms with Crippen molar-refractivity contribution in [3.05, 3.63) is 35.2 Å². The quantitative estimate of drug-likeness (QED) is 0.728. The molecule has 0 unspecified atom stereocenters. The van der Waals surface area contributed by atoms with Crippen LogP contribution < -0.4 is 4.74 Å². The molecule has 0 aliphatic rings. The lowest BCUT2D eigenvalue weighted by atomic mass is 10.2. The lowest BCUT2D eigenvalue weighted by Gasteiger charge is -1.93. The number of carbonyl (C=O) groups is 1. The van der Waals surface area contributed by atoms with Gasteiger partial charge in [-0.05, 0) is 11.5 Å². The van der Waals surface area contributed by atoms with Crippen LogP contribution in [0.1, 0.15) is 15.4 Å². The molecular weight excluding hydrogens is 214 g/mol. The van der Waals surface area contributed by atoms with Gasteiger partial charge in [-0.3, -0.25) is 9.78 Å². The molecule has 2 aromatic rings. The van der Waals surface area contributed by atoms with Crippen molar-refractivity contribution in [2.45, 2.75) is 0 Å². The van der Waals surface area contributed by atoms with Crippen molar-refractivity contribution in [2.24, 2.45) is 0 Å². The van der Waals surface area contributed by atoms with Crippen LogP contribution in [0.3, 0.4) is 0 Å². The van der Waals surface area contributed by atoms with Gasteiger partial charge in [-0.25, -0.2) is 4.98 Å². The molecule has 5 nitrogen and oxygen atoms in total. The Morgan fingerprint density at radius 2 is 2.33 bits per heavy atom. The van der Waals surface area contributed by atoms with Crippen molar-refractivity contribution < 1.29 is 9.53 Å². The van der Waals surface area contributed by atoms with Gasteiger partial charge in [0.2, 0.25) is 11.7 Å². The van der Waals surface area contributed by atoms with Crippen LogP contribution in [0.15, 0.2) is 24.7 Å². The van der Waals surface area contributed by atoms with Crippen LogP contribution in [0.4, 0.5) is 0 Å². The second-order valence-electron chi connectivity index (χ2n) is 2.65. The summed E-state index contributed by atoms with van der Waals surface area (Å²) in [6.45, 7) is 0. The van der Waals surface area contributed by atoms with Crippen molar-refractivity contribution in [3.8, 4) is 5.88 Å². The Morgan fingerprint density at radius 3 is 2.93 bits per heavy atom. The van der Waals surface area contributed by atoms with Crippen molar-refractivity contribution in [2.75, 3.05) is 7.11 Å². The molecule has 0 saturated heterocycles. The zero-order chi connectivity index (χ0) is 10.7. The lowest BCUT2D eigenvalue weighted by molar-refractivity contribution is 0.103. The first-order valence-electron chi connectivity index (χ1n) is 4.12. The molecule has 0 aromatic carbocycles. The third kappa shape index (κ3) is 1.99. The summed E-state index contributed by atoms with van der Waals surface area (Å²) in [6.07, 6.45) is 4.42. The highest BCUT2D eigenvalue weighted by Crippen LogP contribution is 2.18. The summed E-state index contributed by atoms with van der Waals surface area (Å²) in [5, 5.41) is 0. The fourth-order valence-electron chi connectivity index (χ4n) is 1.00. The van der Waals surface area contributed by atoms with Gasteiger partial charge in [0, 0.05) is 18.5 Å². The maximum atomic E-state index is 11.8. The number of aromatic nitrogens is 3. The molecular formula is C9H7N3O2S. The summed E-state index contributed by atoms with van der Waals surface area (Å²) in [5.41, 5.74) is 0.309. The summed E-state index contributed by atoms with van der Waals surface area (Å²) in [6, 6.07) is 1.58. The number of rotatable bonds is 3. The molecule has 0 spiro atoms. The van der Waals surface area contributed by atoms with Gasteiger partial charge in [0.25, 0.3) is 0 Å². The minimum Gasteiger partial charge on any atom is -0.480 e. The van der Waals surface area contributed by atoms with Crippen molar-refractivity contribution in [1.82, 2.24) is 14.3 Å². The average Bonchev–Trinajstić information content (AvgIpc) is 2.78. The normalized spacial score (nSPS) is 9.93. The van der Waals surface area contributed by atoms with E-state index in [4.69, 9.17) is 4.74 Å². The van der Waals surface area contributed by atoms with Gasteiger partial charge < -0.3 is 4.74 Å².